The van der Waals surface area contributed by atoms with Crippen LogP contribution in [0.1, 0.15) is 105 Å². The molecule has 0 aliphatic carbocycles. The van der Waals surface area contributed by atoms with Crippen LogP contribution in [0.3, 0.4) is 0 Å². The van der Waals surface area contributed by atoms with Crippen molar-refractivity contribution in [2.75, 3.05) is 6.61 Å². The van der Waals surface area contributed by atoms with Gasteiger partial charge in [-0.3, -0.25) is 14.4 Å². The predicted molar refractivity (Wildman–Crippen MR) is 221 cm³/mol. The number of hydrogen-bond acceptors (Lipinski definition) is 8. The van der Waals surface area contributed by atoms with Crippen LogP contribution in [0.4, 0.5) is 0 Å². The molecular weight excluding hydrogens is 703 g/mol. The van der Waals surface area contributed by atoms with Gasteiger partial charge in [-0.05, 0) is 77.9 Å². The smallest absolute Gasteiger partial charge is 0.510 e. The molecule has 1 heterocycles. The number of rotatable bonds is 17. The van der Waals surface area contributed by atoms with Gasteiger partial charge in [-0.25, -0.2) is 0 Å². The summed E-state index contributed by atoms with van der Waals surface area (Å²) in [7, 11) is -0.229. The molecule has 9 heteroatoms. The van der Waals surface area contributed by atoms with Gasteiger partial charge in [-0.15, -0.1) is 0 Å². The van der Waals surface area contributed by atoms with Crippen LogP contribution in [-0.2, 0) is 39.8 Å². The Morgan fingerprint density at radius 3 is 2.09 bits per heavy atom. The first kappa shape index (κ1) is 42.7. The largest absolute Gasteiger partial charge is 0.512 e. The maximum absolute atomic E-state index is 15.1. The van der Waals surface area contributed by atoms with E-state index in [4.69, 9.17) is 23.5 Å². The van der Waals surface area contributed by atoms with Gasteiger partial charge in [0.1, 0.15) is 18.6 Å². The van der Waals surface area contributed by atoms with E-state index in [1.165, 1.54) is 0 Å². The second kappa shape index (κ2) is 18.2. The van der Waals surface area contributed by atoms with Crippen LogP contribution in [-0.4, -0.2) is 38.5 Å². The summed E-state index contributed by atoms with van der Waals surface area (Å²) in [6.45, 7) is 17.0. The number of carbonyl (C=O) groups excluding carboxylic acids is 3. The molecule has 8 nitrogen and oxygen atoms in total. The first-order valence-electron chi connectivity index (χ1n) is 19.9. The lowest BCUT2D eigenvalue weighted by Gasteiger charge is -2.52. The third-order valence-corrected chi connectivity index (χ3v) is 12.9. The van der Waals surface area contributed by atoms with Gasteiger partial charge in [0, 0.05) is 12.0 Å². The Labute approximate surface area is 333 Å². The molecule has 5 rings (SSSR count). The highest BCUT2D eigenvalue weighted by molar-refractivity contribution is 6.22. The van der Waals surface area contributed by atoms with Gasteiger partial charge in [0.2, 0.25) is 0 Å². The van der Waals surface area contributed by atoms with Crippen molar-refractivity contribution in [3.8, 4) is 5.75 Å². The summed E-state index contributed by atoms with van der Waals surface area (Å²) in [4.78, 5) is 42.8. The van der Waals surface area contributed by atoms with E-state index in [2.05, 4.69) is 27.7 Å². The molecule has 298 valence electrons. The maximum Gasteiger partial charge on any atom is 0.510 e. The van der Waals surface area contributed by atoms with Crippen molar-refractivity contribution in [3.05, 3.63) is 114 Å². The van der Waals surface area contributed by atoms with Crippen LogP contribution in [0.5, 0.6) is 5.75 Å². The minimum atomic E-state index is -1.18. The van der Waals surface area contributed by atoms with Gasteiger partial charge in [0.05, 0.1) is 17.3 Å². The molecule has 0 saturated carbocycles. The lowest BCUT2D eigenvalue weighted by molar-refractivity contribution is -0.165. The van der Waals surface area contributed by atoms with Crippen molar-refractivity contribution in [3.63, 3.8) is 0 Å². The van der Waals surface area contributed by atoms with Crippen LogP contribution < -0.4 is 4.74 Å². The molecule has 0 bridgehead atoms. The zero-order chi connectivity index (χ0) is 40.6. The molecule has 4 atom stereocenters. The van der Waals surface area contributed by atoms with E-state index in [0.29, 0.717) is 18.8 Å². The monoisotopic (exact) mass is 762 g/mol. The molecule has 4 unspecified atom stereocenters. The summed E-state index contributed by atoms with van der Waals surface area (Å²) < 4.78 is 29.5. The molecule has 0 spiro atoms. The zero-order valence-electron chi connectivity index (χ0n) is 34.5. The van der Waals surface area contributed by atoms with Gasteiger partial charge in [-0.1, -0.05) is 146 Å². The lowest BCUT2D eigenvalue weighted by Crippen LogP contribution is -2.52. The first-order valence-corrected chi connectivity index (χ1v) is 19.9. The molecule has 1 aliphatic rings. The second-order valence-corrected chi connectivity index (χ2v) is 17.4. The number of benzene rings is 4. The number of ether oxygens (including phenoxy) is 3. The Bertz CT molecular complexity index is 1910. The topological polar surface area (TPSA) is 97.4 Å². The van der Waals surface area contributed by atoms with Crippen LogP contribution in [0, 0.1) is 27.6 Å². The average molecular weight is 763 g/mol. The van der Waals surface area contributed by atoms with Gasteiger partial charge in [0.15, 0.2) is 0 Å². The Morgan fingerprint density at radius 1 is 0.768 bits per heavy atom. The molecule has 1 saturated heterocycles. The van der Waals surface area contributed by atoms with Crippen molar-refractivity contribution >= 4 is 36.4 Å². The third-order valence-electron chi connectivity index (χ3n) is 12.9. The van der Waals surface area contributed by atoms with E-state index in [1.54, 1.807) is 0 Å². The van der Waals surface area contributed by atoms with Crippen molar-refractivity contribution in [2.45, 2.75) is 106 Å². The average Bonchev–Trinajstić information content (AvgIpc) is 3.19. The van der Waals surface area contributed by atoms with E-state index in [9.17, 15) is 9.59 Å². The molecule has 0 N–H and O–H groups in total. The minimum Gasteiger partial charge on any atom is -0.512 e. The molecule has 4 aromatic rings. The molecule has 0 amide bonds. The standard InChI is InChI=1S/C47H59BO8/c1-33(41(49)53-31-34-20-11-9-12-21-34)46(6,7)45(4,5)32-47(8,43(51)54-39-27-19-25-35-24-15-16-26-37(35)39)44(2,3)30-38(36-22-13-10-14-23-36)42(50)56-48-55-40-28-17-18-29-52-40/h9-16,19-27,33,38,40,48H,17-18,28-32H2,1-8H3. The van der Waals surface area contributed by atoms with Crippen molar-refractivity contribution < 1.29 is 37.9 Å². The molecule has 0 radical (unpaired) electrons. The van der Waals surface area contributed by atoms with E-state index in [1.807, 2.05) is 131 Å². The summed E-state index contributed by atoms with van der Waals surface area (Å²) >= 11 is 0. The highest BCUT2D eigenvalue weighted by Gasteiger charge is 2.56. The van der Waals surface area contributed by atoms with Gasteiger partial charge >= 0.3 is 19.6 Å². The van der Waals surface area contributed by atoms with Crippen LogP contribution in [0.2, 0.25) is 0 Å². The predicted octanol–water partition coefficient (Wildman–Crippen LogP) is 10.1. The maximum atomic E-state index is 15.1. The SMILES string of the molecule is CC(C(=O)OCc1ccccc1)C(C)(C)C(C)(C)CC(C)(C(=O)Oc1cccc2ccccc12)C(C)(C)CC(C(=O)OBOC1CCCCO1)c1ccccc1. The molecule has 1 aliphatic heterocycles. The summed E-state index contributed by atoms with van der Waals surface area (Å²) in [5.74, 6) is -1.93. The Kier molecular flexibility index (Phi) is 13.9. The minimum absolute atomic E-state index is 0.179. The highest BCUT2D eigenvalue weighted by atomic mass is 16.7. The molecule has 56 heavy (non-hydrogen) atoms. The van der Waals surface area contributed by atoms with Crippen molar-refractivity contribution in [1.82, 2.24) is 0 Å². The van der Waals surface area contributed by atoms with E-state index in [0.717, 1.165) is 41.2 Å². The fraction of sp³-hybridized carbons (Fsp3) is 0.468. The Morgan fingerprint density at radius 2 is 1.41 bits per heavy atom. The first-order chi connectivity index (χ1) is 26.6. The summed E-state index contributed by atoms with van der Waals surface area (Å²) in [5, 5.41) is 1.78. The van der Waals surface area contributed by atoms with E-state index in [-0.39, 0.29) is 26.7 Å². The Hall–Kier alpha value is -4.47. The van der Waals surface area contributed by atoms with Crippen molar-refractivity contribution in [1.29, 1.82) is 0 Å². The quantitative estimate of drug-likeness (QED) is 0.0596. The number of carbonyl (C=O) groups is 3. The summed E-state index contributed by atoms with van der Waals surface area (Å²) in [6, 6.07) is 32.6. The molecule has 4 aromatic carbocycles. The molecule has 0 aromatic heterocycles. The van der Waals surface area contributed by atoms with Crippen molar-refractivity contribution in [2.24, 2.45) is 27.6 Å². The number of fused-ring (bicyclic) bond motifs is 1. The lowest BCUT2D eigenvalue weighted by atomic mass is 9.51. The number of hydrogen-bond donors (Lipinski definition) is 0. The van der Waals surface area contributed by atoms with Gasteiger partial charge in [-0.2, -0.15) is 0 Å². The van der Waals surface area contributed by atoms with Crippen LogP contribution >= 0.6 is 0 Å². The molecule has 1 fully saturated rings. The fourth-order valence-corrected chi connectivity index (χ4v) is 7.80. The zero-order valence-corrected chi connectivity index (χ0v) is 34.5. The van der Waals surface area contributed by atoms with Crippen LogP contribution in [0.15, 0.2) is 103 Å². The summed E-state index contributed by atoms with van der Waals surface area (Å²) in [6.07, 6.45) is 2.92. The van der Waals surface area contributed by atoms with E-state index >= 15 is 4.79 Å². The summed E-state index contributed by atoms with van der Waals surface area (Å²) in [5.41, 5.74) is -1.62. The highest BCUT2D eigenvalue weighted by Crippen LogP contribution is 2.58. The Balaban J connectivity index is 1.46. The van der Waals surface area contributed by atoms with Gasteiger partial charge < -0.3 is 23.5 Å². The van der Waals surface area contributed by atoms with Gasteiger partial charge in [0.25, 0.3) is 5.97 Å². The normalized spacial score (nSPS) is 17.2. The van der Waals surface area contributed by atoms with E-state index < -0.39 is 51.7 Å². The fourth-order valence-electron chi connectivity index (χ4n) is 7.80. The van der Waals surface area contributed by atoms with Crippen LogP contribution in [0.25, 0.3) is 10.8 Å². The number of esters is 2. The third kappa shape index (κ3) is 9.91. The molecular formula is C47H59BO8. The second-order valence-electron chi connectivity index (χ2n) is 17.4.